The Morgan fingerprint density at radius 3 is 2.46 bits per heavy atom. The summed E-state index contributed by atoms with van der Waals surface area (Å²) in [5.74, 6) is 0.760. The number of nitrogens with zero attached hydrogens (tertiary/aromatic N) is 2. The van der Waals surface area contributed by atoms with Crippen LogP contribution in [0.15, 0.2) is 63.9 Å². The smallest absolute Gasteiger partial charge is 0.247 e. The lowest BCUT2D eigenvalue weighted by atomic mass is 10.2. The molecule has 0 spiro atoms. The lowest BCUT2D eigenvalue weighted by Crippen LogP contribution is -2.26. The molecule has 0 aliphatic carbocycles. The van der Waals surface area contributed by atoms with Crippen LogP contribution in [0.3, 0.4) is 0 Å². The van der Waals surface area contributed by atoms with E-state index < -0.39 is 10.0 Å². The van der Waals surface area contributed by atoms with Gasteiger partial charge in [0.05, 0.1) is 5.02 Å². The predicted octanol–water partition coefficient (Wildman–Crippen LogP) is 2.91. The number of hydrogen-bond donors (Lipinski definition) is 1. The van der Waals surface area contributed by atoms with E-state index >= 15 is 0 Å². The summed E-state index contributed by atoms with van der Waals surface area (Å²) in [6, 6.07) is 15.6. The SMILES string of the molecule is O=S(=O)(NCCc1nnc(-c2ccccc2)o1)c1ccccc1Cl. The molecule has 124 valence electrons. The Bertz CT molecular complexity index is 927. The average Bonchev–Trinajstić information content (AvgIpc) is 3.05. The molecule has 1 N–H and O–H groups in total. The van der Waals surface area contributed by atoms with Crippen molar-refractivity contribution in [1.82, 2.24) is 14.9 Å². The Morgan fingerprint density at radius 2 is 1.71 bits per heavy atom. The topological polar surface area (TPSA) is 85.1 Å². The van der Waals surface area contributed by atoms with Crippen LogP contribution in [0, 0.1) is 0 Å². The highest BCUT2D eigenvalue weighted by molar-refractivity contribution is 7.89. The van der Waals surface area contributed by atoms with Crippen LogP contribution >= 0.6 is 11.6 Å². The maximum absolute atomic E-state index is 12.2. The first kappa shape index (κ1) is 16.6. The molecular weight excluding hydrogens is 350 g/mol. The van der Waals surface area contributed by atoms with Crippen LogP contribution in [0.4, 0.5) is 0 Å². The molecule has 1 heterocycles. The zero-order chi connectivity index (χ0) is 17.0. The van der Waals surface area contributed by atoms with Gasteiger partial charge in [-0.3, -0.25) is 0 Å². The van der Waals surface area contributed by atoms with Crippen LogP contribution in [0.25, 0.3) is 11.5 Å². The molecule has 0 aliphatic rings. The maximum atomic E-state index is 12.2. The van der Waals surface area contributed by atoms with E-state index in [-0.39, 0.29) is 22.9 Å². The molecule has 3 rings (SSSR count). The number of nitrogens with one attached hydrogen (secondary N) is 1. The Kier molecular flexibility index (Phi) is 4.94. The van der Waals surface area contributed by atoms with Gasteiger partial charge in [0.2, 0.25) is 21.8 Å². The Hall–Kier alpha value is -2.22. The molecule has 8 heteroatoms. The zero-order valence-corrected chi connectivity index (χ0v) is 14.1. The average molecular weight is 364 g/mol. The van der Waals surface area contributed by atoms with E-state index in [0.29, 0.717) is 11.8 Å². The summed E-state index contributed by atoms with van der Waals surface area (Å²) in [6.45, 7) is 0.129. The van der Waals surface area contributed by atoms with Gasteiger partial charge in [0.1, 0.15) is 4.90 Å². The van der Waals surface area contributed by atoms with Gasteiger partial charge in [-0.2, -0.15) is 0 Å². The lowest BCUT2D eigenvalue weighted by Gasteiger charge is -2.06. The minimum Gasteiger partial charge on any atom is -0.421 e. The summed E-state index contributed by atoms with van der Waals surface area (Å²) in [5.41, 5.74) is 0.813. The normalized spacial score (nSPS) is 11.5. The van der Waals surface area contributed by atoms with Gasteiger partial charge in [-0.25, -0.2) is 13.1 Å². The first-order valence-corrected chi connectivity index (χ1v) is 9.04. The third-order valence-electron chi connectivity index (χ3n) is 3.24. The number of sulfonamides is 1. The lowest BCUT2D eigenvalue weighted by molar-refractivity contribution is 0.502. The Morgan fingerprint density at radius 1 is 1.00 bits per heavy atom. The maximum Gasteiger partial charge on any atom is 0.247 e. The monoisotopic (exact) mass is 363 g/mol. The van der Waals surface area contributed by atoms with E-state index in [4.69, 9.17) is 16.0 Å². The third-order valence-corrected chi connectivity index (χ3v) is 5.21. The van der Waals surface area contributed by atoms with Gasteiger partial charge in [-0.05, 0) is 24.3 Å². The zero-order valence-electron chi connectivity index (χ0n) is 12.5. The van der Waals surface area contributed by atoms with Crippen molar-refractivity contribution in [2.24, 2.45) is 0 Å². The third kappa shape index (κ3) is 3.81. The summed E-state index contributed by atoms with van der Waals surface area (Å²) in [7, 11) is -3.68. The standard InChI is InChI=1S/C16H14ClN3O3S/c17-13-8-4-5-9-14(13)24(21,22)18-11-10-15-19-20-16(23-15)12-6-2-1-3-7-12/h1-9,18H,10-11H2. The fourth-order valence-electron chi connectivity index (χ4n) is 2.08. The van der Waals surface area contributed by atoms with Crippen molar-refractivity contribution in [2.45, 2.75) is 11.3 Å². The van der Waals surface area contributed by atoms with Crippen LogP contribution in [-0.4, -0.2) is 25.2 Å². The summed E-state index contributed by atoms with van der Waals surface area (Å²) in [5, 5.41) is 8.06. The molecule has 2 aromatic carbocycles. The van der Waals surface area contributed by atoms with Gasteiger partial charge in [-0.15, -0.1) is 10.2 Å². The van der Waals surface area contributed by atoms with Gasteiger partial charge in [0, 0.05) is 18.5 Å². The van der Waals surface area contributed by atoms with E-state index in [0.717, 1.165) is 5.56 Å². The van der Waals surface area contributed by atoms with Crippen molar-refractivity contribution in [3.05, 3.63) is 65.5 Å². The molecule has 0 saturated carbocycles. The summed E-state index contributed by atoms with van der Waals surface area (Å²) in [4.78, 5) is 0.0437. The molecule has 0 amide bonds. The van der Waals surface area contributed by atoms with Gasteiger partial charge in [-0.1, -0.05) is 41.9 Å². The van der Waals surface area contributed by atoms with E-state index in [9.17, 15) is 8.42 Å². The highest BCUT2D eigenvalue weighted by atomic mass is 35.5. The number of benzene rings is 2. The van der Waals surface area contributed by atoms with Crippen LogP contribution in [0.5, 0.6) is 0 Å². The number of halogens is 1. The molecule has 0 fully saturated rings. The van der Waals surface area contributed by atoms with Crippen LogP contribution in [-0.2, 0) is 16.4 Å². The fourth-order valence-corrected chi connectivity index (χ4v) is 3.63. The summed E-state index contributed by atoms with van der Waals surface area (Å²) >= 11 is 5.92. The Labute approximate surface area is 144 Å². The van der Waals surface area contributed by atoms with Crippen molar-refractivity contribution in [3.63, 3.8) is 0 Å². The van der Waals surface area contributed by atoms with Gasteiger partial charge < -0.3 is 4.42 Å². The summed E-state index contributed by atoms with van der Waals surface area (Å²) < 4.78 is 32.4. The second-order valence-electron chi connectivity index (χ2n) is 4.95. The van der Waals surface area contributed by atoms with Crippen molar-refractivity contribution in [2.75, 3.05) is 6.54 Å². The molecule has 3 aromatic rings. The minimum absolute atomic E-state index is 0.0437. The molecule has 24 heavy (non-hydrogen) atoms. The molecule has 6 nitrogen and oxygen atoms in total. The van der Waals surface area contributed by atoms with Gasteiger partial charge >= 0.3 is 0 Å². The van der Waals surface area contributed by atoms with E-state index in [1.165, 1.54) is 12.1 Å². The van der Waals surface area contributed by atoms with Crippen molar-refractivity contribution < 1.29 is 12.8 Å². The van der Waals surface area contributed by atoms with Crippen LogP contribution in [0.2, 0.25) is 5.02 Å². The summed E-state index contributed by atoms with van der Waals surface area (Å²) in [6.07, 6.45) is 0.281. The molecule has 0 unspecified atom stereocenters. The molecule has 0 saturated heterocycles. The molecule has 0 aliphatic heterocycles. The minimum atomic E-state index is -3.68. The van der Waals surface area contributed by atoms with E-state index in [1.807, 2.05) is 30.3 Å². The second kappa shape index (κ2) is 7.12. The highest BCUT2D eigenvalue weighted by Gasteiger charge is 2.17. The number of rotatable bonds is 6. The van der Waals surface area contributed by atoms with Gasteiger partial charge in [0.15, 0.2) is 0 Å². The fraction of sp³-hybridized carbons (Fsp3) is 0.125. The Balaban J connectivity index is 1.63. The number of hydrogen-bond acceptors (Lipinski definition) is 5. The van der Waals surface area contributed by atoms with Crippen molar-refractivity contribution in [3.8, 4) is 11.5 Å². The van der Waals surface area contributed by atoms with Crippen molar-refractivity contribution >= 4 is 21.6 Å². The largest absolute Gasteiger partial charge is 0.421 e. The molecule has 0 atom stereocenters. The number of aromatic nitrogens is 2. The van der Waals surface area contributed by atoms with E-state index in [2.05, 4.69) is 14.9 Å². The van der Waals surface area contributed by atoms with Crippen LogP contribution < -0.4 is 4.72 Å². The van der Waals surface area contributed by atoms with Crippen molar-refractivity contribution in [1.29, 1.82) is 0 Å². The molecule has 1 aromatic heterocycles. The molecule has 0 bridgehead atoms. The molecular formula is C16H14ClN3O3S. The quantitative estimate of drug-likeness (QED) is 0.727. The molecule has 0 radical (unpaired) electrons. The van der Waals surface area contributed by atoms with Gasteiger partial charge in [0.25, 0.3) is 0 Å². The van der Waals surface area contributed by atoms with Crippen LogP contribution in [0.1, 0.15) is 5.89 Å². The first-order valence-electron chi connectivity index (χ1n) is 7.18. The second-order valence-corrected chi connectivity index (χ2v) is 7.09. The first-order chi connectivity index (χ1) is 11.6. The predicted molar refractivity (Wildman–Crippen MR) is 90.1 cm³/mol. The highest BCUT2D eigenvalue weighted by Crippen LogP contribution is 2.20. The van der Waals surface area contributed by atoms with E-state index in [1.54, 1.807) is 12.1 Å².